The standard InChI is InChI=1S/C14H19N3O3S/c1-11-4-2-7-17(10-11)14(18)12-5-3-6-16-8-9-21(19,20)15-13(12)16/h3,5-6,11H,2,4,7-10H2,1H3. The average Bonchev–Trinajstić information content (AvgIpc) is 2.45. The fourth-order valence-corrected chi connectivity index (χ4v) is 3.91. The molecule has 3 aliphatic heterocycles. The van der Waals surface area contributed by atoms with Crippen LogP contribution in [0, 0.1) is 5.92 Å². The highest BCUT2D eigenvalue weighted by atomic mass is 32.2. The molecule has 0 aliphatic carbocycles. The highest BCUT2D eigenvalue weighted by Gasteiger charge is 2.33. The molecule has 0 spiro atoms. The zero-order valence-electron chi connectivity index (χ0n) is 12.0. The van der Waals surface area contributed by atoms with Crippen molar-refractivity contribution in [2.75, 3.05) is 25.4 Å². The van der Waals surface area contributed by atoms with Crippen LogP contribution in [0.25, 0.3) is 0 Å². The molecule has 1 atom stereocenters. The number of carbonyl (C=O) groups is 1. The summed E-state index contributed by atoms with van der Waals surface area (Å²) in [4.78, 5) is 16.2. The summed E-state index contributed by atoms with van der Waals surface area (Å²) in [6.45, 7) is 3.92. The van der Waals surface area contributed by atoms with E-state index in [2.05, 4.69) is 11.3 Å². The van der Waals surface area contributed by atoms with Gasteiger partial charge < -0.3 is 9.80 Å². The Morgan fingerprint density at radius 3 is 2.95 bits per heavy atom. The quantitative estimate of drug-likeness (QED) is 0.716. The van der Waals surface area contributed by atoms with Crippen molar-refractivity contribution in [3.8, 4) is 0 Å². The Morgan fingerprint density at radius 1 is 1.38 bits per heavy atom. The zero-order valence-corrected chi connectivity index (χ0v) is 12.8. The average molecular weight is 309 g/mol. The number of hydrogen-bond donors (Lipinski definition) is 0. The Kier molecular flexibility index (Phi) is 3.61. The third-order valence-electron chi connectivity index (χ3n) is 4.03. The van der Waals surface area contributed by atoms with E-state index >= 15 is 0 Å². The molecule has 0 aromatic carbocycles. The van der Waals surface area contributed by atoms with Gasteiger partial charge in [0.05, 0.1) is 11.3 Å². The van der Waals surface area contributed by atoms with E-state index in [1.54, 1.807) is 28.2 Å². The van der Waals surface area contributed by atoms with Crippen molar-refractivity contribution < 1.29 is 13.2 Å². The number of rotatable bonds is 1. The Morgan fingerprint density at radius 2 is 2.19 bits per heavy atom. The molecule has 3 rings (SSSR count). The van der Waals surface area contributed by atoms with Crippen LogP contribution in [0.1, 0.15) is 19.8 Å². The zero-order chi connectivity index (χ0) is 15.0. The predicted molar refractivity (Wildman–Crippen MR) is 80.1 cm³/mol. The molecule has 0 saturated carbocycles. The Hall–Kier alpha value is -1.63. The van der Waals surface area contributed by atoms with Crippen molar-refractivity contribution in [1.29, 1.82) is 0 Å². The molecule has 1 unspecified atom stereocenters. The number of amides is 1. The van der Waals surface area contributed by atoms with Crippen LogP contribution in [-0.2, 0) is 14.8 Å². The van der Waals surface area contributed by atoms with Gasteiger partial charge in [0.25, 0.3) is 15.9 Å². The minimum atomic E-state index is -3.46. The van der Waals surface area contributed by atoms with Gasteiger partial charge in [-0.25, -0.2) is 8.42 Å². The predicted octanol–water partition coefficient (Wildman–Crippen LogP) is 0.743. The molecular weight excluding hydrogens is 290 g/mol. The van der Waals surface area contributed by atoms with Crippen LogP contribution in [0.5, 0.6) is 0 Å². The van der Waals surface area contributed by atoms with E-state index in [9.17, 15) is 13.2 Å². The molecule has 114 valence electrons. The lowest BCUT2D eigenvalue weighted by Gasteiger charge is -2.34. The Balaban J connectivity index is 1.90. The van der Waals surface area contributed by atoms with Crippen molar-refractivity contribution in [2.24, 2.45) is 10.3 Å². The van der Waals surface area contributed by atoms with Crippen LogP contribution >= 0.6 is 0 Å². The van der Waals surface area contributed by atoms with E-state index in [1.807, 2.05) is 0 Å². The van der Waals surface area contributed by atoms with E-state index in [-0.39, 0.29) is 17.5 Å². The van der Waals surface area contributed by atoms with E-state index in [1.165, 1.54) is 0 Å². The first kappa shape index (κ1) is 14.3. The number of hydrogen-bond acceptors (Lipinski definition) is 4. The van der Waals surface area contributed by atoms with Crippen molar-refractivity contribution in [3.05, 3.63) is 23.9 Å². The van der Waals surface area contributed by atoms with Gasteiger partial charge in [-0.1, -0.05) is 6.92 Å². The molecular formula is C14H19N3O3S. The molecule has 21 heavy (non-hydrogen) atoms. The van der Waals surface area contributed by atoms with Gasteiger partial charge in [-0.3, -0.25) is 4.79 Å². The molecule has 1 fully saturated rings. The third-order valence-corrected chi connectivity index (χ3v) is 5.18. The first-order chi connectivity index (χ1) is 9.96. The number of piperidine rings is 1. The van der Waals surface area contributed by atoms with Gasteiger partial charge in [-0.15, -0.1) is 4.40 Å². The number of likely N-dealkylation sites (tertiary alicyclic amines) is 1. The van der Waals surface area contributed by atoms with Crippen LogP contribution < -0.4 is 0 Å². The summed E-state index contributed by atoms with van der Waals surface area (Å²) in [6.07, 6.45) is 7.33. The van der Waals surface area contributed by atoms with E-state index in [0.29, 0.717) is 18.0 Å². The van der Waals surface area contributed by atoms with Crippen molar-refractivity contribution in [3.63, 3.8) is 0 Å². The molecule has 1 amide bonds. The van der Waals surface area contributed by atoms with Gasteiger partial charge in [0.2, 0.25) is 0 Å². The van der Waals surface area contributed by atoms with Crippen LogP contribution in [0.4, 0.5) is 0 Å². The summed E-state index contributed by atoms with van der Waals surface area (Å²) in [5, 5.41) is 0. The normalized spacial score (nSPS) is 27.8. The van der Waals surface area contributed by atoms with E-state index in [0.717, 1.165) is 25.9 Å². The molecule has 0 N–H and O–H groups in total. The number of carbonyl (C=O) groups excluding carboxylic acids is 1. The number of nitrogens with zero attached hydrogens (tertiary/aromatic N) is 3. The van der Waals surface area contributed by atoms with Crippen LogP contribution in [-0.4, -0.2) is 55.3 Å². The first-order valence-corrected chi connectivity index (χ1v) is 8.84. The molecule has 0 aromatic heterocycles. The molecule has 0 radical (unpaired) electrons. The van der Waals surface area contributed by atoms with Gasteiger partial charge in [-0.2, -0.15) is 0 Å². The van der Waals surface area contributed by atoms with Crippen molar-refractivity contribution >= 4 is 21.8 Å². The number of fused-ring (bicyclic) bond motifs is 1. The summed E-state index contributed by atoms with van der Waals surface area (Å²) in [5.74, 6) is 0.623. The Labute approximate surface area is 124 Å². The highest BCUT2D eigenvalue weighted by molar-refractivity contribution is 7.90. The van der Waals surface area contributed by atoms with Gasteiger partial charge in [-0.05, 0) is 30.9 Å². The maximum atomic E-state index is 12.7. The molecule has 7 heteroatoms. The first-order valence-electron chi connectivity index (χ1n) is 7.24. The fourth-order valence-electron chi connectivity index (χ4n) is 2.93. The lowest BCUT2D eigenvalue weighted by Crippen LogP contribution is -2.46. The smallest absolute Gasteiger partial charge is 0.257 e. The minimum absolute atomic E-state index is 0.0109. The second-order valence-electron chi connectivity index (χ2n) is 5.81. The summed E-state index contributed by atoms with van der Waals surface area (Å²) >= 11 is 0. The van der Waals surface area contributed by atoms with Gasteiger partial charge in [0.15, 0.2) is 5.84 Å². The van der Waals surface area contributed by atoms with Crippen molar-refractivity contribution in [1.82, 2.24) is 9.80 Å². The summed E-state index contributed by atoms with van der Waals surface area (Å²) in [5.41, 5.74) is 0.384. The summed E-state index contributed by atoms with van der Waals surface area (Å²) < 4.78 is 27.2. The lowest BCUT2D eigenvalue weighted by atomic mass is 9.99. The fraction of sp³-hybridized carbons (Fsp3) is 0.571. The minimum Gasteiger partial charge on any atom is -0.338 e. The van der Waals surface area contributed by atoms with E-state index < -0.39 is 10.0 Å². The molecule has 6 nitrogen and oxygen atoms in total. The second-order valence-corrected chi connectivity index (χ2v) is 7.57. The lowest BCUT2D eigenvalue weighted by molar-refractivity contribution is -0.128. The summed E-state index contributed by atoms with van der Waals surface area (Å²) in [7, 11) is -3.46. The topological polar surface area (TPSA) is 70.1 Å². The van der Waals surface area contributed by atoms with Crippen LogP contribution in [0.3, 0.4) is 0 Å². The van der Waals surface area contributed by atoms with Crippen LogP contribution in [0.2, 0.25) is 0 Å². The maximum Gasteiger partial charge on any atom is 0.257 e. The SMILES string of the molecule is CC1CCCN(C(=O)C2=CC=CN3CCS(=O)(=O)N=C23)C1. The second kappa shape index (κ2) is 5.29. The van der Waals surface area contributed by atoms with E-state index in [4.69, 9.17) is 0 Å². The third kappa shape index (κ3) is 2.88. The van der Waals surface area contributed by atoms with Gasteiger partial charge in [0, 0.05) is 25.8 Å². The number of sulfonamides is 1. The Bertz CT molecular complexity index is 648. The monoisotopic (exact) mass is 309 g/mol. The van der Waals surface area contributed by atoms with Crippen LogP contribution in [0.15, 0.2) is 28.3 Å². The van der Waals surface area contributed by atoms with Crippen molar-refractivity contribution in [2.45, 2.75) is 19.8 Å². The molecule has 0 bridgehead atoms. The number of amidine groups is 1. The largest absolute Gasteiger partial charge is 0.338 e. The number of allylic oxidation sites excluding steroid dienone is 2. The molecule has 3 aliphatic rings. The highest BCUT2D eigenvalue weighted by Crippen LogP contribution is 2.22. The molecule has 3 heterocycles. The molecule has 1 saturated heterocycles. The summed E-state index contributed by atoms with van der Waals surface area (Å²) in [6, 6.07) is 0. The van der Waals surface area contributed by atoms with Gasteiger partial charge >= 0.3 is 0 Å². The molecule has 0 aromatic rings. The van der Waals surface area contributed by atoms with Gasteiger partial charge in [0.1, 0.15) is 0 Å². The maximum absolute atomic E-state index is 12.7.